The number of aromatic nitrogens is 2. The number of pyridine rings is 2. The maximum Gasteiger partial charge on any atom is 0.288 e. The van der Waals surface area contributed by atoms with Gasteiger partial charge in [-0.05, 0) is 0 Å². The summed E-state index contributed by atoms with van der Waals surface area (Å²) in [6.07, 6.45) is 3.49. The molecular weight excluding hydrogens is 264 g/mol. The smallest absolute Gasteiger partial charge is 0.284 e. The monoisotopic (exact) mass is 280 g/mol. The number of hydrogen-bond donors (Lipinski definition) is 1. The summed E-state index contributed by atoms with van der Waals surface area (Å²) < 4.78 is 36.5. The molecule has 2 aromatic heterocycles. The highest BCUT2D eigenvalue weighted by molar-refractivity contribution is 7.86. The van der Waals surface area contributed by atoms with Crippen molar-refractivity contribution in [2.75, 3.05) is 0 Å². The van der Waals surface area contributed by atoms with Crippen molar-refractivity contribution in [1.29, 1.82) is 0 Å². The van der Waals surface area contributed by atoms with Crippen molar-refractivity contribution in [2.24, 2.45) is 14.1 Å². The van der Waals surface area contributed by atoms with Gasteiger partial charge in [0.1, 0.15) is 14.1 Å². The van der Waals surface area contributed by atoms with E-state index in [4.69, 9.17) is 0 Å². The van der Waals surface area contributed by atoms with Crippen molar-refractivity contribution in [3.05, 3.63) is 60.2 Å². The van der Waals surface area contributed by atoms with E-state index in [-0.39, 0.29) is 0 Å². The van der Waals surface area contributed by atoms with E-state index in [1.807, 2.05) is 0 Å². The Kier molecular flexibility index (Phi) is 3.64. The Balaban J connectivity index is 2.70. The van der Waals surface area contributed by atoms with Crippen LogP contribution in [0, 0.1) is 0 Å². The molecule has 0 fully saturated rings. The van der Waals surface area contributed by atoms with Crippen LogP contribution in [0.15, 0.2) is 48.8 Å². The number of rotatable bonds is 3. The lowest BCUT2D eigenvalue weighted by molar-refractivity contribution is -0.691. The summed E-state index contributed by atoms with van der Waals surface area (Å²) in [7, 11) is -0.765. The fourth-order valence-corrected chi connectivity index (χ4v) is 3.17. The third kappa shape index (κ3) is 2.80. The van der Waals surface area contributed by atoms with Gasteiger partial charge in [-0.2, -0.15) is 8.42 Å². The van der Waals surface area contributed by atoms with Gasteiger partial charge in [-0.25, -0.2) is 9.13 Å². The first kappa shape index (κ1) is 13.6. The summed E-state index contributed by atoms with van der Waals surface area (Å²) in [6, 6.07) is 10.5. The molecule has 0 bridgehead atoms. The van der Waals surface area contributed by atoms with Gasteiger partial charge < -0.3 is 0 Å². The maximum absolute atomic E-state index is 11.8. The molecule has 0 radical (unpaired) electrons. The van der Waals surface area contributed by atoms with Crippen LogP contribution in [0.2, 0.25) is 0 Å². The third-order valence-corrected chi connectivity index (χ3v) is 4.10. The van der Waals surface area contributed by atoms with E-state index in [1.165, 1.54) is 0 Å². The summed E-state index contributed by atoms with van der Waals surface area (Å²) in [4.78, 5) is 0. The average Bonchev–Trinajstić information content (AvgIpc) is 2.33. The van der Waals surface area contributed by atoms with Crippen LogP contribution in [0.1, 0.15) is 16.6 Å². The second-order valence-electron chi connectivity index (χ2n) is 4.37. The largest absolute Gasteiger partial charge is 0.288 e. The molecule has 0 aromatic carbocycles. The molecule has 6 heteroatoms. The van der Waals surface area contributed by atoms with E-state index in [1.54, 1.807) is 72.0 Å². The van der Waals surface area contributed by atoms with Crippen LogP contribution in [-0.2, 0) is 24.2 Å². The van der Waals surface area contributed by atoms with Crippen LogP contribution in [0.3, 0.4) is 0 Å². The van der Waals surface area contributed by atoms with E-state index >= 15 is 0 Å². The normalized spacial score (nSPS) is 11.8. The van der Waals surface area contributed by atoms with Gasteiger partial charge in [0.15, 0.2) is 12.4 Å². The molecule has 0 aliphatic heterocycles. The lowest BCUT2D eigenvalue weighted by atomic mass is 10.2. The minimum atomic E-state index is -4.26. The fraction of sp³-hybridized carbons (Fsp3) is 0.231. The molecule has 100 valence electrons. The topological polar surface area (TPSA) is 62.1 Å². The number of aryl methyl sites for hydroxylation is 2. The van der Waals surface area contributed by atoms with Gasteiger partial charge >= 0.3 is 0 Å². The molecule has 2 heterocycles. The predicted molar refractivity (Wildman–Crippen MR) is 68.6 cm³/mol. The molecule has 0 amide bonds. The van der Waals surface area contributed by atoms with Crippen LogP contribution in [-0.4, -0.2) is 13.0 Å². The molecule has 5 nitrogen and oxygen atoms in total. The van der Waals surface area contributed by atoms with Crippen LogP contribution in [0.5, 0.6) is 0 Å². The molecule has 1 N–H and O–H groups in total. The Morgan fingerprint density at radius 2 is 1.37 bits per heavy atom. The van der Waals surface area contributed by atoms with E-state index in [0.29, 0.717) is 11.4 Å². The average molecular weight is 280 g/mol. The first-order valence-corrected chi connectivity index (χ1v) is 7.27. The lowest BCUT2D eigenvalue weighted by Crippen LogP contribution is -2.42. The summed E-state index contributed by atoms with van der Waals surface area (Å²) in [5.74, 6) is 0. The van der Waals surface area contributed by atoms with Crippen LogP contribution >= 0.6 is 0 Å². The molecule has 19 heavy (non-hydrogen) atoms. The fourth-order valence-electron chi connectivity index (χ4n) is 2.07. The molecular formula is C13H16N2O3S+2. The van der Waals surface area contributed by atoms with E-state index in [0.717, 1.165) is 0 Å². The van der Waals surface area contributed by atoms with Gasteiger partial charge in [-0.3, -0.25) is 4.55 Å². The lowest BCUT2D eigenvalue weighted by Gasteiger charge is -2.10. The number of nitrogens with zero attached hydrogens (tertiary/aromatic N) is 2. The second-order valence-corrected chi connectivity index (χ2v) is 5.87. The Labute approximate surface area is 112 Å². The minimum absolute atomic E-state index is 0.506. The van der Waals surface area contributed by atoms with Gasteiger partial charge in [0, 0.05) is 24.3 Å². The molecule has 0 aliphatic carbocycles. The summed E-state index contributed by atoms with van der Waals surface area (Å²) in [6.45, 7) is 0. The standard InChI is InChI=1S/C13H15N2O3S/c1-14-9-5-3-7-11(14)13(19(16,17)18)12-8-4-6-10-15(12)2/h3-10,13H,1-2H3/q+1/p+1. The molecule has 0 spiro atoms. The predicted octanol–water partition coefficient (Wildman–Crippen LogP) is 0.313. The molecule has 0 saturated carbocycles. The Morgan fingerprint density at radius 3 is 1.68 bits per heavy atom. The third-order valence-electron chi connectivity index (χ3n) is 3.03. The molecule has 2 rings (SSSR count). The molecule has 0 atom stereocenters. The van der Waals surface area contributed by atoms with Crippen molar-refractivity contribution in [3.8, 4) is 0 Å². The zero-order valence-corrected chi connectivity index (χ0v) is 11.6. The second kappa shape index (κ2) is 5.07. The van der Waals surface area contributed by atoms with Gasteiger partial charge in [0.2, 0.25) is 11.4 Å². The van der Waals surface area contributed by atoms with Gasteiger partial charge in [-0.1, -0.05) is 12.1 Å². The first-order valence-electron chi connectivity index (χ1n) is 5.76. The molecule has 0 unspecified atom stereocenters. The Bertz CT molecular complexity index is 653. The van der Waals surface area contributed by atoms with Crippen molar-refractivity contribution in [1.82, 2.24) is 0 Å². The molecule has 2 aromatic rings. The van der Waals surface area contributed by atoms with Crippen molar-refractivity contribution < 1.29 is 22.1 Å². The highest BCUT2D eigenvalue weighted by Gasteiger charge is 2.39. The maximum atomic E-state index is 11.8. The van der Waals surface area contributed by atoms with Crippen LogP contribution < -0.4 is 9.13 Å². The van der Waals surface area contributed by atoms with E-state index in [9.17, 15) is 13.0 Å². The van der Waals surface area contributed by atoms with E-state index in [2.05, 4.69) is 0 Å². The zero-order chi connectivity index (χ0) is 14.0. The molecule has 0 saturated heterocycles. The van der Waals surface area contributed by atoms with Gasteiger partial charge in [0.05, 0.1) is 0 Å². The Morgan fingerprint density at radius 1 is 0.947 bits per heavy atom. The van der Waals surface area contributed by atoms with E-state index < -0.39 is 15.4 Å². The van der Waals surface area contributed by atoms with Crippen molar-refractivity contribution in [3.63, 3.8) is 0 Å². The summed E-state index contributed by atoms with van der Waals surface area (Å²) in [5.41, 5.74) is 1.01. The Hall–Kier alpha value is -1.79. The highest BCUT2D eigenvalue weighted by Crippen LogP contribution is 2.24. The number of hydrogen-bond acceptors (Lipinski definition) is 2. The first-order chi connectivity index (χ1) is 8.91. The van der Waals surface area contributed by atoms with Crippen molar-refractivity contribution in [2.45, 2.75) is 5.25 Å². The minimum Gasteiger partial charge on any atom is -0.284 e. The SMILES string of the molecule is C[n+]1ccccc1C(c1cccc[n+]1C)S(=O)(=O)O. The van der Waals surface area contributed by atoms with Crippen LogP contribution in [0.25, 0.3) is 0 Å². The molecule has 0 aliphatic rings. The van der Waals surface area contributed by atoms with Gasteiger partial charge in [0.25, 0.3) is 15.4 Å². The van der Waals surface area contributed by atoms with Gasteiger partial charge in [-0.15, -0.1) is 0 Å². The summed E-state index contributed by atoms with van der Waals surface area (Å²) >= 11 is 0. The van der Waals surface area contributed by atoms with Crippen molar-refractivity contribution >= 4 is 10.1 Å². The quantitative estimate of drug-likeness (QED) is 0.650. The highest BCUT2D eigenvalue weighted by atomic mass is 32.2. The zero-order valence-electron chi connectivity index (χ0n) is 10.8. The van der Waals surface area contributed by atoms with Crippen LogP contribution in [0.4, 0.5) is 0 Å². The summed E-state index contributed by atoms with van der Waals surface area (Å²) in [5, 5.41) is -1.11.